The van der Waals surface area contributed by atoms with Gasteiger partial charge in [0.15, 0.2) is 15.8 Å². The summed E-state index contributed by atoms with van der Waals surface area (Å²) >= 11 is 5.95. The van der Waals surface area contributed by atoms with Gasteiger partial charge in [0.05, 0.1) is 11.5 Å². The predicted octanol–water partition coefficient (Wildman–Crippen LogP) is 3.40. The van der Waals surface area contributed by atoms with E-state index in [-0.39, 0.29) is 35.5 Å². The molecule has 1 fully saturated rings. The maximum absolute atomic E-state index is 12.2. The molecule has 3 rings (SSSR count). The van der Waals surface area contributed by atoms with Gasteiger partial charge in [-0.05, 0) is 36.2 Å². The number of anilines is 1. The monoisotopic (exact) mass is 562 g/mol. The molecule has 0 radical (unpaired) electrons. The molecule has 0 aliphatic carbocycles. The average Bonchev–Trinajstić information content (AvgIpc) is 2.72. The van der Waals surface area contributed by atoms with Gasteiger partial charge in [-0.25, -0.2) is 8.42 Å². The van der Waals surface area contributed by atoms with Gasteiger partial charge in [0.25, 0.3) is 0 Å². The highest BCUT2D eigenvalue weighted by Crippen LogP contribution is 2.19. The number of halogens is 2. The summed E-state index contributed by atoms with van der Waals surface area (Å²) in [6, 6.07) is 17.1. The highest BCUT2D eigenvalue weighted by Gasteiger charge is 2.18. The van der Waals surface area contributed by atoms with Crippen molar-refractivity contribution < 1.29 is 8.42 Å². The summed E-state index contributed by atoms with van der Waals surface area (Å²) in [5.74, 6) is 0.670. The van der Waals surface area contributed by atoms with Crippen LogP contribution in [0.2, 0.25) is 5.02 Å². The third kappa shape index (κ3) is 7.63. The number of piperazine rings is 1. The molecule has 0 amide bonds. The van der Waals surface area contributed by atoms with E-state index in [4.69, 9.17) is 17.3 Å². The van der Waals surface area contributed by atoms with E-state index >= 15 is 0 Å². The second kappa shape index (κ2) is 11.8. The Bertz CT molecular complexity index is 916. The molecule has 164 valence electrons. The molecule has 0 aromatic heterocycles. The Balaban J connectivity index is 0.00000320. The number of aliphatic imine (C=N–C) groups is 1. The summed E-state index contributed by atoms with van der Waals surface area (Å²) in [6.07, 6.45) is 0.473. The van der Waals surface area contributed by atoms with Crippen molar-refractivity contribution in [1.82, 2.24) is 4.90 Å². The van der Waals surface area contributed by atoms with Gasteiger partial charge in [0.1, 0.15) is 0 Å². The van der Waals surface area contributed by atoms with Gasteiger partial charge >= 0.3 is 0 Å². The van der Waals surface area contributed by atoms with E-state index in [1.807, 2.05) is 59.5 Å². The van der Waals surface area contributed by atoms with Crippen molar-refractivity contribution in [2.45, 2.75) is 12.2 Å². The van der Waals surface area contributed by atoms with Crippen LogP contribution in [0.25, 0.3) is 0 Å². The van der Waals surface area contributed by atoms with Crippen LogP contribution >= 0.6 is 35.6 Å². The number of guanidine groups is 1. The smallest absolute Gasteiger partial charge is 0.191 e. The van der Waals surface area contributed by atoms with Crippen LogP contribution in [0.3, 0.4) is 0 Å². The van der Waals surface area contributed by atoms with Gasteiger partial charge < -0.3 is 15.5 Å². The van der Waals surface area contributed by atoms with Gasteiger partial charge in [-0.2, -0.15) is 0 Å². The maximum atomic E-state index is 12.2. The molecule has 2 aromatic carbocycles. The van der Waals surface area contributed by atoms with Gasteiger partial charge in [-0.1, -0.05) is 41.9 Å². The van der Waals surface area contributed by atoms with Crippen LogP contribution in [-0.4, -0.2) is 57.8 Å². The lowest BCUT2D eigenvalue weighted by Crippen LogP contribution is -2.51. The van der Waals surface area contributed by atoms with Gasteiger partial charge in [-0.3, -0.25) is 4.99 Å². The Morgan fingerprint density at radius 3 is 2.27 bits per heavy atom. The summed E-state index contributed by atoms with van der Waals surface area (Å²) in [6.45, 7) is 3.68. The summed E-state index contributed by atoms with van der Waals surface area (Å²) < 4.78 is 24.5. The molecule has 0 atom stereocenters. The van der Waals surface area contributed by atoms with Crippen molar-refractivity contribution in [1.29, 1.82) is 0 Å². The zero-order chi connectivity index (χ0) is 20.7. The van der Waals surface area contributed by atoms with Crippen molar-refractivity contribution in [2.75, 3.05) is 43.4 Å². The van der Waals surface area contributed by atoms with Crippen LogP contribution in [0, 0.1) is 0 Å². The average molecular weight is 563 g/mol. The summed E-state index contributed by atoms with van der Waals surface area (Å²) in [4.78, 5) is 8.72. The second-order valence-electron chi connectivity index (χ2n) is 7.12. The fraction of sp³-hybridized carbons (Fsp3) is 0.381. The van der Waals surface area contributed by atoms with Crippen molar-refractivity contribution in [3.05, 3.63) is 65.2 Å². The molecule has 1 aliphatic rings. The molecule has 2 aromatic rings. The molecule has 9 heteroatoms. The predicted molar refractivity (Wildman–Crippen MR) is 136 cm³/mol. The van der Waals surface area contributed by atoms with E-state index in [0.717, 1.165) is 42.5 Å². The Morgan fingerprint density at radius 2 is 1.63 bits per heavy atom. The van der Waals surface area contributed by atoms with Crippen LogP contribution in [0.15, 0.2) is 59.6 Å². The standard InChI is InChI=1S/C21H27ClN4O2S.HI/c22-19-7-9-20(10-8-19)25-12-14-26(15-13-25)21(23)24-11-4-16-29(27,28)17-18-5-2-1-3-6-18;/h1-3,5-10H,4,11-17H2,(H2,23,24);1H. The Morgan fingerprint density at radius 1 is 1.00 bits per heavy atom. The van der Waals surface area contributed by atoms with E-state index < -0.39 is 9.84 Å². The molecular weight excluding hydrogens is 535 g/mol. The largest absolute Gasteiger partial charge is 0.370 e. The van der Waals surface area contributed by atoms with E-state index in [1.165, 1.54) is 0 Å². The number of benzene rings is 2. The fourth-order valence-corrected chi connectivity index (χ4v) is 4.86. The first kappa shape index (κ1) is 24.7. The molecule has 1 saturated heterocycles. The molecule has 2 N–H and O–H groups in total. The van der Waals surface area contributed by atoms with Crippen molar-refractivity contribution in [3.8, 4) is 0 Å². The van der Waals surface area contributed by atoms with Crippen LogP contribution < -0.4 is 10.6 Å². The second-order valence-corrected chi connectivity index (χ2v) is 9.74. The lowest BCUT2D eigenvalue weighted by Gasteiger charge is -2.36. The molecule has 1 heterocycles. The lowest BCUT2D eigenvalue weighted by atomic mass is 10.2. The number of hydrogen-bond donors (Lipinski definition) is 1. The number of nitrogens with two attached hydrogens (primary N) is 1. The molecule has 0 saturated carbocycles. The summed E-state index contributed by atoms with van der Waals surface area (Å²) in [7, 11) is -3.14. The molecule has 1 aliphatic heterocycles. The first-order valence-electron chi connectivity index (χ1n) is 9.73. The number of rotatable bonds is 7. The minimum atomic E-state index is -3.14. The number of nitrogens with zero attached hydrogens (tertiary/aromatic N) is 3. The minimum Gasteiger partial charge on any atom is -0.370 e. The topological polar surface area (TPSA) is 79.0 Å². The third-order valence-corrected chi connectivity index (χ3v) is 6.85. The first-order valence-corrected chi connectivity index (χ1v) is 11.9. The molecule has 0 spiro atoms. The molecule has 6 nitrogen and oxygen atoms in total. The quantitative estimate of drug-likeness (QED) is 0.242. The Kier molecular flexibility index (Phi) is 9.70. The normalized spacial score (nSPS) is 15.0. The third-order valence-electron chi connectivity index (χ3n) is 4.91. The van der Waals surface area contributed by atoms with Crippen LogP contribution in [0.4, 0.5) is 5.69 Å². The van der Waals surface area contributed by atoms with Crippen molar-refractivity contribution in [2.24, 2.45) is 10.7 Å². The SMILES string of the molecule is I.NC(=NCCCS(=O)(=O)Cc1ccccc1)N1CCN(c2ccc(Cl)cc2)CC1. The zero-order valence-electron chi connectivity index (χ0n) is 16.8. The van der Waals surface area contributed by atoms with Gasteiger partial charge in [-0.15, -0.1) is 24.0 Å². The Labute approximate surface area is 201 Å². The van der Waals surface area contributed by atoms with Gasteiger partial charge in [0, 0.05) is 43.4 Å². The highest BCUT2D eigenvalue weighted by atomic mass is 127. The van der Waals surface area contributed by atoms with Crippen LogP contribution in [0.5, 0.6) is 0 Å². The van der Waals surface area contributed by atoms with E-state index in [1.54, 1.807) is 0 Å². The highest BCUT2D eigenvalue weighted by molar-refractivity contribution is 14.0. The number of sulfone groups is 1. The fourth-order valence-electron chi connectivity index (χ4n) is 3.32. The summed E-state index contributed by atoms with van der Waals surface area (Å²) in [5, 5.41) is 0.731. The molecule has 0 unspecified atom stereocenters. The van der Waals surface area contributed by atoms with Gasteiger partial charge in [0.2, 0.25) is 0 Å². The van der Waals surface area contributed by atoms with Crippen molar-refractivity contribution >= 4 is 57.1 Å². The molecule has 0 bridgehead atoms. The van der Waals surface area contributed by atoms with Crippen molar-refractivity contribution in [3.63, 3.8) is 0 Å². The van der Waals surface area contributed by atoms with E-state index in [2.05, 4.69) is 9.89 Å². The zero-order valence-corrected chi connectivity index (χ0v) is 20.7. The summed E-state index contributed by atoms with van der Waals surface area (Å²) in [5.41, 5.74) is 8.08. The maximum Gasteiger partial charge on any atom is 0.191 e. The number of hydrogen-bond acceptors (Lipinski definition) is 4. The lowest BCUT2D eigenvalue weighted by molar-refractivity contribution is 0.381. The van der Waals surface area contributed by atoms with E-state index in [9.17, 15) is 8.42 Å². The van der Waals surface area contributed by atoms with Crippen LogP contribution in [0.1, 0.15) is 12.0 Å². The Hall–Kier alpha value is -1.52. The molecular formula is C21H28ClIN4O2S. The van der Waals surface area contributed by atoms with Crippen LogP contribution in [-0.2, 0) is 15.6 Å². The molecule has 30 heavy (non-hydrogen) atoms. The van der Waals surface area contributed by atoms with E-state index in [0.29, 0.717) is 18.9 Å². The minimum absolute atomic E-state index is 0. The first-order chi connectivity index (χ1) is 13.9.